The molecular formula is C20H19N2NaO5S2. The van der Waals surface area contributed by atoms with Gasteiger partial charge in [0.05, 0.1) is 21.9 Å². The van der Waals surface area contributed by atoms with E-state index in [0.717, 1.165) is 12.1 Å². The van der Waals surface area contributed by atoms with Crippen LogP contribution < -0.4 is 40.0 Å². The summed E-state index contributed by atoms with van der Waals surface area (Å²) in [7, 11) is -9.37. The molecule has 7 nitrogen and oxygen atoms in total. The third-order valence-electron chi connectivity index (χ3n) is 4.39. The zero-order valence-corrected chi connectivity index (χ0v) is 19.8. The number of rotatable bonds is 7. The summed E-state index contributed by atoms with van der Waals surface area (Å²) in [6, 6.07) is 20.6. The van der Waals surface area contributed by atoms with E-state index < -0.39 is 42.0 Å². The molecule has 3 N–H and O–H groups in total. The number of sulfonamides is 1. The molecule has 0 radical (unpaired) electrons. The van der Waals surface area contributed by atoms with Crippen LogP contribution in [-0.4, -0.2) is 21.4 Å². The van der Waals surface area contributed by atoms with Gasteiger partial charge >= 0.3 is 29.6 Å². The molecule has 3 rings (SSSR count). The standard InChI is InChI=1S/C20H20N2O5S2.Na/c21-19(15-9-3-1-4-10-15)20(16-11-5-2-6-12-16)22-28(23,24)17-13-7-8-14-18(17)29(25,26)27;/h1-14,19-20,22H,21H2,(H,25,26,27);/q;+1/p-1/t19-,20-;/m0./s1. The molecule has 0 aliphatic rings. The van der Waals surface area contributed by atoms with Gasteiger partial charge in [-0.25, -0.2) is 21.6 Å². The van der Waals surface area contributed by atoms with Crippen molar-refractivity contribution in [3.8, 4) is 0 Å². The van der Waals surface area contributed by atoms with Crippen molar-refractivity contribution >= 4 is 20.1 Å². The first-order valence-corrected chi connectivity index (χ1v) is 11.5. The first kappa shape index (κ1) is 24.7. The maximum atomic E-state index is 13.0. The van der Waals surface area contributed by atoms with E-state index in [4.69, 9.17) is 5.73 Å². The predicted molar refractivity (Wildman–Crippen MR) is 107 cm³/mol. The summed E-state index contributed by atoms with van der Waals surface area (Å²) < 4.78 is 63.2. The molecule has 0 spiro atoms. The molecular weight excluding hydrogens is 435 g/mol. The van der Waals surface area contributed by atoms with Crippen molar-refractivity contribution in [2.45, 2.75) is 21.9 Å². The van der Waals surface area contributed by atoms with E-state index in [9.17, 15) is 21.4 Å². The Labute approximate surface area is 198 Å². The van der Waals surface area contributed by atoms with Gasteiger partial charge in [-0.1, -0.05) is 72.8 Å². The molecule has 0 aromatic heterocycles. The summed E-state index contributed by atoms with van der Waals surface area (Å²) in [5.74, 6) is 0. The fraction of sp³-hybridized carbons (Fsp3) is 0.100. The van der Waals surface area contributed by atoms with Gasteiger partial charge < -0.3 is 10.3 Å². The average Bonchev–Trinajstić information content (AvgIpc) is 2.72. The Kier molecular flexibility index (Phi) is 8.37. The van der Waals surface area contributed by atoms with Crippen LogP contribution in [0.15, 0.2) is 94.7 Å². The fourth-order valence-electron chi connectivity index (χ4n) is 2.99. The van der Waals surface area contributed by atoms with Crippen LogP contribution in [0.4, 0.5) is 0 Å². The minimum Gasteiger partial charge on any atom is -0.744 e. The zero-order valence-electron chi connectivity index (χ0n) is 16.2. The molecule has 3 aromatic rings. The predicted octanol–water partition coefficient (Wildman–Crippen LogP) is -0.686. The Hall–Kier alpha value is -1.56. The van der Waals surface area contributed by atoms with Gasteiger partial charge in [0.1, 0.15) is 10.1 Å². The first-order valence-electron chi connectivity index (χ1n) is 8.63. The summed E-state index contributed by atoms with van der Waals surface area (Å²) in [6.07, 6.45) is 0. The molecule has 0 saturated carbocycles. The molecule has 152 valence electrons. The molecule has 10 heteroatoms. The van der Waals surface area contributed by atoms with E-state index in [1.54, 1.807) is 54.6 Å². The van der Waals surface area contributed by atoms with Crippen molar-refractivity contribution < 1.29 is 50.9 Å². The first-order chi connectivity index (χ1) is 13.7. The topological polar surface area (TPSA) is 129 Å². The van der Waals surface area contributed by atoms with Gasteiger partial charge in [-0.3, -0.25) is 0 Å². The number of nitrogens with one attached hydrogen (secondary N) is 1. The van der Waals surface area contributed by atoms with Crippen LogP contribution in [-0.2, 0) is 20.1 Å². The second-order valence-electron chi connectivity index (χ2n) is 6.35. The molecule has 3 aromatic carbocycles. The third kappa shape index (κ3) is 5.77. The summed E-state index contributed by atoms with van der Waals surface area (Å²) >= 11 is 0. The maximum absolute atomic E-state index is 13.0. The van der Waals surface area contributed by atoms with Gasteiger partial charge in [0.2, 0.25) is 10.0 Å². The minimum absolute atomic E-state index is 0. The average molecular weight is 455 g/mol. The van der Waals surface area contributed by atoms with Crippen molar-refractivity contribution in [1.82, 2.24) is 4.72 Å². The molecule has 0 saturated heterocycles. The Morgan fingerprint density at radius 3 is 1.63 bits per heavy atom. The van der Waals surface area contributed by atoms with Crippen LogP contribution in [0.25, 0.3) is 0 Å². The van der Waals surface area contributed by atoms with Crippen LogP contribution in [0.1, 0.15) is 23.2 Å². The van der Waals surface area contributed by atoms with Crippen molar-refractivity contribution in [2.75, 3.05) is 0 Å². The van der Waals surface area contributed by atoms with Gasteiger partial charge in [-0.05, 0) is 23.3 Å². The van der Waals surface area contributed by atoms with Crippen molar-refractivity contribution in [2.24, 2.45) is 5.73 Å². The molecule has 30 heavy (non-hydrogen) atoms. The smallest absolute Gasteiger partial charge is 0.744 e. The van der Waals surface area contributed by atoms with E-state index >= 15 is 0 Å². The van der Waals surface area contributed by atoms with Crippen molar-refractivity contribution in [3.63, 3.8) is 0 Å². The number of nitrogens with two attached hydrogens (primary N) is 1. The van der Waals surface area contributed by atoms with E-state index in [1.165, 1.54) is 12.1 Å². The number of hydrogen-bond acceptors (Lipinski definition) is 6. The molecule has 0 bridgehead atoms. The summed E-state index contributed by atoms with van der Waals surface area (Å²) in [6.45, 7) is 0. The summed E-state index contributed by atoms with van der Waals surface area (Å²) in [5.41, 5.74) is 7.65. The van der Waals surface area contributed by atoms with Crippen molar-refractivity contribution in [3.05, 3.63) is 96.1 Å². The van der Waals surface area contributed by atoms with Gasteiger partial charge in [-0.2, -0.15) is 0 Å². The number of hydrogen-bond donors (Lipinski definition) is 2. The summed E-state index contributed by atoms with van der Waals surface area (Å²) in [5, 5.41) is 0. The van der Waals surface area contributed by atoms with E-state index in [1.807, 2.05) is 6.07 Å². The molecule has 0 aliphatic heterocycles. The molecule has 0 amide bonds. The monoisotopic (exact) mass is 454 g/mol. The van der Waals surface area contributed by atoms with Crippen LogP contribution >= 0.6 is 0 Å². The fourth-order valence-corrected chi connectivity index (χ4v) is 5.52. The molecule has 0 heterocycles. The maximum Gasteiger partial charge on any atom is 1.00 e. The van der Waals surface area contributed by atoms with Gasteiger partial charge in [0.25, 0.3) is 0 Å². The van der Waals surface area contributed by atoms with E-state index in [2.05, 4.69) is 4.72 Å². The van der Waals surface area contributed by atoms with Gasteiger partial charge in [0, 0.05) is 0 Å². The van der Waals surface area contributed by atoms with Gasteiger partial charge in [0.15, 0.2) is 0 Å². The molecule has 2 atom stereocenters. The van der Waals surface area contributed by atoms with Crippen molar-refractivity contribution in [1.29, 1.82) is 0 Å². The second-order valence-corrected chi connectivity index (χ2v) is 9.38. The minimum atomic E-state index is -4.99. The van der Waals surface area contributed by atoms with Crippen LogP contribution in [0.2, 0.25) is 0 Å². The van der Waals surface area contributed by atoms with Gasteiger partial charge in [-0.15, -0.1) is 0 Å². The molecule has 0 fully saturated rings. The third-order valence-corrected chi connectivity index (χ3v) is 6.92. The summed E-state index contributed by atoms with van der Waals surface area (Å²) in [4.78, 5) is -1.43. The Morgan fingerprint density at radius 1 is 0.700 bits per heavy atom. The Morgan fingerprint density at radius 2 is 1.13 bits per heavy atom. The Bertz CT molecular complexity index is 1190. The zero-order chi connectivity index (χ0) is 21.1. The number of benzene rings is 3. The van der Waals surface area contributed by atoms with Crippen LogP contribution in [0, 0.1) is 0 Å². The van der Waals surface area contributed by atoms with E-state index in [0.29, 0.717) is 11.1 Å². The quantitative estimate of drug-likeness (QED) is 0.359. The largest absolute Gasteiger partial charge is 1.00 e. The van der Waals surface area contributed by atoms with Crippen LogP contribution in [0.5, 0.6) is 0 Å². The van der Waals surface area contributed by atoms with E-state index in [-0.39, 0.29) is 29.6 Å². The molecule has 0 aliphatic carbocycles. The van der Waals surface area contributed by atoms with Crippen LogP contribution in [0.3, 0.4) is 0 Å². The normalized spacial score (nSPS) is 13.8. The second kappa shape index (κ2) is 10.2. The molecule has 0 unspecified atom stereocenters. The SMILES string of the molecule is N[C@@H](c1ccccc1)[C@@H](NS(=O)(=O)c1ccccc1S(=O)(=O)[O-])c1ccccc1.[Na+]. The Balaban J connectivity index is 0.00000320.